The zero-order valence-electron chi connectivity index (χ0n) is 19.2. The van der Waals surface area contributed by atoms with Gasteiger partial charge >= 0.3 is 0 Å². The van der Waals surface area contributed by atoms with Crippen LogP contribution in [0, 0.1) is 0 Å². The van der Waals surface area contributed by atoms with Crippen molar-refractivity contribution < 1.29 is 29.6 Å². The number of benzene rings is 2. The summed E-state index contributed by atoms with van der Waals surface area (Å²) in [6.45, 7) is 7.80. The van der Waals surface area contributed by atoms with Gasteiger partial charge in [0, 0.05) is 22.8 Å². The first-order valence-electron chi connectivity index (χ1n) is 10.6. The van der Waals surface area contributed by atoms with Gasteiger partial charge in [0.15, 0.2) is 5.78 Å². The number of ether oxygens (including phenoxy) is 2. The first kappa shape index (κ1) is 23.3. The molecule has 0 saturated carbocycles. The molecular weight excluding hydrogens is 408 g/mol. The number of carbonyl (C=O) groups excluding carboxylic acids is 1. The molecule has 2 aromatic carbocycles. The molecule has 0 fully saturated rings. The van der Waals surface area contributed by atoms with E-state index in [0.717, 1.165) is 11.1 Å². The minimum Gasteiger partial charge on any atom is -0.508 e. The molecule has 0 amide bonds. The Morgan fingerprint density at radius 2 is 1.66 bits per heavy atom. The monoisotopic (exact) mass is 438 g/mol. The molecule has 3 rings (SSSR count). The van der Waals surface area contributed by atoms with Crippen LogP contribution in [0.25, 0.3) is 0 Å². The number of methoxy groups -OCH3 is 1. The summed E-state index contributed by atoms with van der Waals surface area (Å²) in [7, 11) is 1.50. The Hall–Kier alpha value is -3.41. The zero-order valence-corrected chi connectivity index (χ0v) is 19.2. The summed E-state index contributed by atoms with van der Waals surface area (Å²) in [5.74, 6) is -0.759. The Balaban J connectivity index is 2.09. The molecule has 3 N–H and O–H groups in total. The number of rotatable bonds is 6. The highest BCUT2D eigenvalue weighted by Crippen LogP contribution is 2.46. The van der Waals surface area contributed by atoms with Crippen LogP contribution in [0.2, 0.25) is 0 Å². The van der Waals surface area contributed by atoms with E-state index in [1.54, 1.807) is 12.1 Å². The van der Waals surface area contributed by atoms with Crippen molar-refractivity contribution in [1.82, 2.24) is 0 Å². The highest BCUT2D eigenvalue weighted by molar-refractivity contribution is 6.07. The number of aromatic hydroxyl groups is 3. The molecule has 1 heterocycles. The van der Waals surface area contributed by atoms with E-state index in [-0.39, 0.29) is 46.5 Å². The molecule has 2 aromatic rings. The van der Waals surface area contributed by atoms with E-state index < -0.39 is 5.92 Å². The highest BCUT2D eigenvalue weighted by Gasteiger charge is 2.36. The number of hydrogen-bond donors (Lipinski definition) is 3. The maximum absolute atomic E-state index is 13.5. The van der Waals surface area contributed by atoms with E-state index in [2.05, 4.69) is 0 Å². The second-order valence-corrected chi connectivity index (χ2v) is 8.48. The van der Waals surface area contributed by atoms with Crippen molar-refractivity contribution in [3.05, 3.63) is 63.8 Å². The van der Waals surface area contributed by atoms with Crippen molar-refractivity contribution in [2.75, 3.05) is 13.7 Å². The minimum absolute atomic E-state index is 0.0290. The lowest BCUT2D eigenvalue weighted by atomic mass is 9.85. The van der Waals surface area contributed by atoms with Crippen LogP contribution < -0.4 is 9.47 Å². The fraction of sp³-hybridized carbons (Fsp3) is 0.346. The maximum atomic E-state index is 13.5. The van der Waals surface area contributed by atoms with E-state index in [1.165, 1.54) is 13.2 Å². The van der Waals surface area contributed by atoms with Crippen LogP contribution in [0.4, 0.5) is 0 Å². The third-order valence-electron chi connectivity index (χ3n) is 5.59. The number of ketones is 1. The first-order valence-corrected chi connectivity index (χ1v) is 10.6. The summed E-state index contributed by atoms with van der Waals surface area (Å²) < 4.78 is 11.4. The average molecular weight is 439 g/mol. The number of Topliss-reactive ketones (excluding diaryl/α,β-unsaturated/α-hetero) is 1. The third-order valence-corrected chi connectivity index (χ3v) is 5.59. The van der Waals surface area contributed by atoms with Crippen LogP contribution in [0.1, 0.15) is 60.7 Å². The summed E-state index contributed by atoms with van der Waals surface area (Å²) in [5.41, 5.74) is 3.62. The SMILES string of the molecule is COc1c(C2COc3cc(O)c(CC=C(C)C)c(O)c3C2=O)ccc(O)c1CC=C(C)C. The molecule has 6 nitrogen and oxygen atoms in total. The van der Waals surface area contributed by atoms with Gasteiger partial charge in [-0.25, -0.2) is 0 Å². The number of hydrogen-bond acceptors (Lipinski definition) is 6. The molecule has 0 bridgehead atoms. The Kier molecular flexibility index (Phi) is 6.82. The molecule has 1 aliphatic rings. The van der Waals surface area contributed by atoms with Gasteiger partial charge in [-0.1, -0.05) is 29.4 Å². The molecule has 170 valence electrons. The van der Waals surface area contributed by atoms with Crippen molar-refractivity contribution >= 4 is 5.78 Å². The van der Waals surface area contributed by atoms with Gasteiger partial charge in [-0.3, -0.25) is 4.79 Å². The van der Waals surface area contributed by atoms with Crippen molar-refractivity contribution in [1.29, 1.82) is 0 Å². The lowest BCUT2D eigenvalue weighted by Gasteiger charge is -2.28. The molecule has 32 heavy (non-hydrogen) atoms. The van der Waals surface area contributed by atoms with Gasteiger partial charge in [-0.2, -0.15) is 0 Å². The smallest absolute Gasteiger partial charge is 0.181 e. The van der Waals surface area contributed by atoms with Crippen LogP contribution in [-0.2, 0) is 12.8 Å². The van der Waals surface area contributed by atoms with Crippen molar-refractivity contribution in [3.8, 4) is 28.7 Å². The molecular formula is C26H30O6. The molecule has 1 atom stereocenters. The van der Waals surface area contributed by atoms with Gasteiger partial charge in [0.1, 0.15) is 40.9 Å². The quantitative estimate of drug-likeness (QED) is 0.537. The average Bonchev–Trinajstić information content (AvgIpc) is 2.72. The lowest BCUT2D eigenvalue weighted by Crippen LogP contribution is -2.27. The van der Waals surface area contributed by atoms with Crippen LogP contribution >= 0.6 is 0 Å². The third kappa shape index (κ3) is 4.44. The molecule has 0 radical (unpaired) electrons. The Labute approximate surface area is 188 Å². The molecule has 0 aromatic heterocycles. The molecule has 6 heteroatoms. The van der Waals surface area contributed by atoms with Crippen LogP contribution in [0.5, 0.6) is 28.7 Å². The van der Waals surface area contributed by atoms with Crippen LogP contribution in [0.3, 0.4) is 0 Å². The second-order valence-electron chi connectivity index (χ2n) is 8.48. The minimum atomic E-state index is -0.727. The van der Waals surface area contributed by atoms with E-state index in [1.807, 2.05) is 39.8 Å². The number of carbonyl (C=O) groups is 1. The van der Waals surface area contributed by atoms with E-state index in [9.17, 15) is 20.1 Å². The molecule has 0 spiro atoms. The molecule has 1 aliphatic heterocycles. The Morgan fingerprint density at radius 1 is 1.03 bits per heavy atom. The topological polar surface area (TPSA) is 96.2 Å². The van der Waals surface area contributed by atoms with Gasteiger partial charge < -0.3 is 24.8 Å². The summed E-state index contributed by atoms with van der Waals surface area (Å²) >= 11 is 0. The van der Waals surface area contributed by atoms with E-state index in [0.29, 0.717) is 29.7 Å². The van der Waals surface area contributed by atoms with Crippen molar-refractivity contribution in [3.63, 3.8) is 0 Å². The number of phenolic OH excluding ortho intramolecular Hbond substituents is 3. The van der Waals surface area contributed by atoms with E-state index in [4.69, 9.17) is 9.47 Å². The van der Waals surface area contributed by atoms with Crippen molar-refractivity contribution in [2.24, 2.45) is 0 Å². The zero-order chi connectivity index (χ0) is 23.6. The van der Waals surface area contributed by atoms with Gasteiger partial charge in [0.05, 0.1) is 13.0 Å². The second kappa shape index (κ2) is 9.39. The van der Waals surface area contributed by atoms with Gasteiger partial charge in [0.2, 0.25) is 0 Å². The normalized spacial score (nSPS) is 14.9. The molecule has 0 aliphatic carbocycles. The molecule has 1 unspecified atom stereocenters. The fourth-order valence-electron chi connectivity index (χ4n) is 3.84. The Bertz CT molecular complexity index is 1100. The largest absolute Gasteiger partial charge is 0.508 e. The standard InChI is InChI=1S/C26H30O6/c1-14(2)6-8-17-21(28)12-22-23(24(17)29)25(30)19(13-32-22)16-10-11-20(27)18(26(16)31-5)9-7-15(3)4/h6-7,10-12,19,27-29H,8-9,13H2,1-5H3. The number of fused-ring (bicyclic) bond motifs is 1. The van der Waals surface area contributed by atoms with Gasteiger partial charge in [-0.05, 0) is 46.6 Å². The van der Waals surface area contributed by atoms with Crippen LogP contribution in [0.15, 0.2) is 41.5 Å². The summed E-state index contributed by atoms with van der Waals surface area (Å²) in [4.78, 5) is 13.5. The number of phenols is 3. The summed E-state index contributed by atoms with van der Waals surface area (Å²) in [6.07, 6.45) is 4.58. The Morgan fingerprint density at radius 3 is 2.25 bits per heavy atom. The maximum Gasteiger partial charge on any atom is 0.181 e. The molecule has 0 saturated heterocycles. The highest BCUT2D eigenvalue weighted by atomic mass is 16.5. The van der Waals surface area contributed by atoms with E-state index >= 15 is 0 Å². The van der Waals surface area contributed by atoms with Crippen LogP contribution in [-0.4, -0.2) is 34.8 Å². The van der Waals surface area contributed by atoms with Gasteiger partial charge in [0.25, 0.3) is 0 Å². The lowest BCUT2D eigenvalue weighted by molar-refractivity contribution is 0.0889. The van der Waals surface area contributed by atoms with Crippen molar-refractivity contribution in [2.45, 2.75) is 46.5 Å². The predicted octanol–water partition coefficient (Wildman–Crippen LogP) is 5.19. The first-order chi connectivity index (χ1) is 15.1. The summed E-state index contributed by atoms with van der Waals surface area (Å²) in [6, 6.07) is 4.58. The number of allylic oxidation sites excluding steroid dienone is 4. The fourth-order valence-corrected chi connectivity index (χ4v) is 3.84. The van der Waals surface area contributed by atoms with Gasteiger partial charge in [-0.15, -0.1) is 0 Å². The summed E-state index contributed by atoms with van der Waals surface area (Å²) in [5, 5.41) is 31.6. The predicted molar refractivity (Wildman–Crippen MR) is 123 cm³/mol.